The molecule has 1 aliphatic heterocycles. The average molecular weight is 192 g/mol. The van der Waals surface area contributed by atoms with Crippen LogP contribution in [-0.4, -0.2) is 30.0 Å². The van der Waals surface area contributed by atoms with Gasteiger partial charge < -0.3 is 12.3 Å². The van der Waals surface area contributed by atoms with E-state index in [9.17, 15) is 0 Å². The van der Waals surface area contributed by atoms with Gasteiger partial charge in [-0.3, -0.25) is 0 Å². The lowest BCUT2D eigenvalue weighted by atomic mass is 10.6. The largest absolute Gasteiger partial charge is 0.425 e. The van der Waals surface area contributed by atoms with Crippen LogP contribution < -0.4 is 0 Å². The van der Waals surface area contributed by atoms with Crippen molar-refractivity contribution in [1.29, 1.82) is 0 Å². The Morgan fingerprint density at radius 1 is 0.800 bits per heavy atom. The maximum Gasteiger partial charge on any atom is 0.286 e. The fourth-order valence-corrected chi connectivity index (χ4v) is 5.69. The van der Waals surface area contributed by atoms with Crippen LogP contribution in [0.15, 0.2) is 25.3 Å². The Kier molecular flexibility index (Phi) is 9.02. The molecule has 0 amide bonds. The quantitative estimate of drug-likeness (QED) is 0.370. The molecule has 0 atom stereocenters. The number of rotatable bonds is 1. The van der Waals surface area contributed by atoms with Crippen LogP contribution in [0.1, 0.15) is 0 Å². The molecule has 1 heterocycles. The lowest BCUT2D eigenvalue weighted by Crippen LogP contribution is -2.23. The monoisotopic (exact) mass is 192 g/mol. The van der Waals surface area contributed by atoms with Gasteiger partial charge in [0.2, 0.25) is 0 Å². The van der Waals surface area contributed by atoms with E-state index in [4.69, 9.17) is 12.3 Å². The molecule has 0 aromatic carbocycles. The van der Waals surface area contributed by atoms with E-state index >= 15 is 0 Å². The van der Waals surface area contributed by atoms with Crippen LogP contribution >= 0.6 is 0 Å². The van der Waals surface area contributed by atoms with Crippen molar-refractivity contribution in [2.24, 2.45) is 0 Å². The molecule has 0 saturated carbocycles. The lowest BCUT2D eigenvalue weighted by molar-refractivity contribution is 0.347. The maximum absolute atomic E-state index is 4.94. The zero-order chi connectivity index (χ0) is 7.66. The summed E-state index contributed by atoms with van der Waals surface area (Å²) in [6, 6.07) is 0. The summed E-state index contributed by atoms with van der Waals surface area (Å²) in [5.41, 5.74) is 0. The summed E-state index contributed by atoms with van der Waals surface area (Å²) >= 11 is 0. The van der Waals surface area contributed by atoms with Crippen molar-refractivity contribution in [3.05, 3.63) is 25.3 Å². The Labute approximate surface area is 68.3 Å². The lowest BCUT2D eigenvalue weighted by Gasteiger charge is -2.10. The minimum absolute atomic E-state index is 0.493. The predicted molar refractivity (Wildman–Crippen MR) is 49.3 cm³/mol. The molecule has 0 aliphatic carbocycles. The highest BCUT2D eigenvalue weighted by molar-refractivity contribution is 6.50. The molecule has 0 spiro atoms. The molecular weight excluding hydrogens is 180 g/mol. The van der Waals surface area contributed by atoms with Crippen molar-refractivity contribution in [2.45, 2.75) is 0 Å². The van der Waals surface area contributed by atoms with Crippen LogP contribution in [-0.2, 0) is 12.3 Å². The van der Waals surface area contributed by atoms with Crippen LogP contribution in [0.2, 0.25) is 0 Å². The van der Waals surface area contributed by atoms with Crippen LogP contribution in [0.5, 0.6) is 0 Å². The van der Waals surface area contributed by atoms with E-state index in [1.54, 1.807) is 12.2 Å². The Morgan fingerprint density at radius 2 is 1.10 bits per heavy atom. The zero-order valence-corrected chi connectivity index (χ0v) is 10.2. The zero-order valence-electron chi connectivity index (χ0n) is 5.91. The summed E-state index contributed by atoms with van der Waals surface area (Å²) in [6.07, 6.45) is 3.28. The van der Waals surface area contributed by atoms with E-state index in [0.717, 1.165) is 0 Å². The van der Waals surface area contributed by atoms with E-state index in [-0.39, 0.29) is 0 Å². The summed E-state index contributed by atoms with van der Waals surface area (Å²) in [5, 5.41) is 0. The first-order chi connectivity index (χ1) is 4.91. The molecule has 0 aromatic rings. The highest BCUT2D eigenvalue weighted by Gasteiger charge is 1.96. The molecule has 0 radical (unpaired) electrons. The molecule has 1 fully saturated rings. The molecular formula is C4H12O3Si3. The first-order valence-corrected chi connectivity index (χ1v) is 6.35. The maximum atomic E-state index is 4.94. The van der Waals surface area contributed by atoms with Crippen molar-refractivity contribution in [3.8, 4) is 0 Å². The van der Waals surface area contributed by atoms with Crippen LogP contribution in [0.4, 0.5) is 0 Å². The first-order valence-electron chi connectivity index (χ1n) is 2.88. The third kappa shape index (κ3) is 8.01. The molecule has 0 bridgehead atoms. The normalized spacial score (nSPS) is 23.6. The van der Waals surface area contributed by atoms with Gasteiger partial charge in [-0.15, -0.1) is 0 Å². The molecule has 6 heteroatoms. The Morgan fingerprint density at radius 3 is 1.20 bits per heavy atom. The second kappa shape index (κ2) is 9.01. The summed E-state index contributed by atoms with van der Waals surface area (Å²) in [5.74, 6) is 0. The summed E-state index contributed by atoms with van der Waals surface area (Å²) in [6.45, 7) is 6.72. The molecule has 58 valence electrons. The summed E-state index contributed by atoms with van der Waals surface area (Å²) in [4.78, 5) is 0. The molecule has 1 rings (SSSR count). The molecule has 0 unspecified atom stereocenters. The SMILES string of the molecule is C=CC=C.O1[SiH2]O[SiH2]O[SiH2]1. The van der Waals surface area contributed by atoms with Gasteiger partial charge in [0.1, 0.15) is 0 Å². The Bertz CT molecular complexity index is 76.2. The van der Waals surface area contributed by atoms with Gasteiger partial charge in [0, 0.05) is 0 Å². The van der Waals surface area contributed by atoms with Crippen molar-refractivity contribution >= 4 is 30.0 Å². The second-order valence-electron chi connectivity index (χ2n) is 1.44. The molecule has 3 nitrogen and oxygen atoms in total. The topological polar surface area (TPSA) is 27.7 Å². The highest BCUT2D eigenvalue weighted by atomic mass is 28.4. The Balaban J connectivity index is 0.000000180. The van der Waals surface area contributed by atoms with E-state index in [1.807, 2.05) is 0 Å². The fourth-order valence-electron chi connectivity index (χ4n) is 0.279. The first kappa shape index (κ1) is 10.0. The standard InChI is InChI=1S/C4H6.H6O3Si3/c1-3-4-2;1-4-2-6-3-5-1/h3-4H,1-2H2;4-6H2. The van der Waals surface area contributed by atoms with E-state index in [0.29, 0.717) is 0 Å². The summed E-state index contributed by atoms with van der Waals surface area (Å²) < 4.78 is 14.8. The van der Waals surface area contributed by atoms with Gasteiger partial charge in [0.15, 0.2) is 0 Å². The average Bonchev–Trinajstić information content (AvgIpc) is 2.08. The van der Waals surface area contributed by atoms with Gasteiger partial charge >= 0.3 is 0 Å². The van der Waals surface area contributed by atoms with Gasteiger partial charge in [0.05, 0.1) is 0 Å². The van der Waals surface area contributed by atoms with Crippen molar-refractivity contribution in [3.63, 3.8) is 0 Å². The minimum Gasteiger partial charge on any atom is -0.425 e. The van der Waals surface area contributed by atoms with Crippen molar-refractivity contribution in [2.75, 3.05) is 0 Å². The van der Waals surface area contributed by atoms with Gasteiger partial charge in [-0.25, -0.2) is 0 Å². The fraction of sp³-hybridized carbons (Fsp3) is 0. The van der Waals surface area contributed by atoms with E-state index in [2.05, 4.69) is 13.2 Å². The third-order valence-electron chi connectivity index (χ3n) is 0.667. The van der Waals surface area contributed by atoms with Crippen LogP contribution in [0.3, 0.4) is 0 Å². The number of hydrogen-bond acceptors (Lipinski definition) is 3. The van der Waals surface area contributed by atoms with Crippen LogP contribution in [0, 0.1) is 0 Å². The minimum atomic E-state index is -0.493. The molecule has 1 saturated heterocycles. The van der Waals surface area contributed by atoms with Crippen molar-refractivity contribution < 1.29 is 12.3 Å². The second-order valence-corrected chi connectivity index (χ2v) is 7.04. The Hall–Kier alpha value is 0.0106. The highest BCUT2D eigenvalue weighted by Crippen LogP contribution is 1.78. The summed E-state index contributed by atoms with van der Waals surface area (Å²) in [7, 11) is -1.48. The van der Waals surface area contributed by atoms with Gasteiger partial charge in [-0.1, -0.05) is 25.3 Å². The van der Waals surface area contributed by atoms with E-state index in [1.165, 1.54) is 0 Å². The molecule has 0 N–H and O–H groups in total. The van der Waals surface area contributed by atoms with Crippen LogP contribution in [0.25, 0.3) is 0 Å². The van der Waals surface area contributed by atoms with Crippen molar-refractivity contribution in [1.82, 2.24) is 0 Å². The predicted octanol–water partition coefficient (Wildman–Crippen LogP) is -1.60. The van der Waals surface area contributed by atoms with Gasteiger partial charge in [-0.2, -0.15) is 0 Å². The third-order valence-corrected chi connectivity index (χ3v) is 4.67. The van der Waals surface area contributed by atoms with Gasteiger partial charge in [0.25, 0.3) is 30.0 Å². The molecule has 0 aromatic heterocycles. The van der Waals surface area contributed by atoms with E-state index < -0.39 is 30.0 Å². The number of hydrogen-bond donors (Lipinski definition) is 0. The van der Waals surface area contributed by atoms with Gasteiger partial charge in [-0.05, 0) is 0 Å². The smallest absolute Gasteiger partial charge is 0.286 e. The molecule has 1 aliphatic rings. The molecule has 10 heavy (non-hydrogen) atoms. The number of allylic oxidation sites excluding steroid dienone is 2.